The number of nitrogens with zero attached hydrogens (tertiary/aromatic N) is 1. The third-order valence-corrected chi connectivity index (χ3v) is 0.419. The third-order valence-electron chi connectivity index (χ3n) is 0.140. The normalized spacial score (nSPS) is 9.25. The van der Waals surface area contributed by atoms with Gasteiger partial charge in [-0.15, -0.1) is 4.91 Å². The minimum absolute atomic E-state index is 0. The van der Waals surface area contributed by atoms with Crippen molar-refractivity contribution in [2.24, 2.45) is 5.34 Å². The minimum Gasteiger partial charge on any atom is -1.00 e. The van der Waals surface area contributed by atoms with Gasteiger partial charge in [0.1, 0.15) is 0 Å². The van der Waals surface area contributed by atoms with Crippen LogP contribution in [0.3, 0.4) is 0 Å². The van der Waals surface area contributed by atoms with Crippen LogP contribution in [0.4, 0.5) is 0 Å². The van der Waals surface area contributed by atoms with Crippen molar-refractivity contribution in [2.45, 2.75) is 0 Å². The predicted octanol–water partition coefficient (Wildman–Crippen LogP) is -3.11. The molecule has 0 aliphatic rings. The van der Waals surface area contributed by atoms with Crippen molar-refractivity contribution in [3.63, 3.8) is 0 Å². The van der Waals surface area contributed by atoms with E-state index < -0.39 is 7.82 Å². The van der Waals surface area contributed by atoms with Crippen LogP contribution < -0.4 is 29.6 Å². The Morgan fingerprint density at radius 3 is 2.00 bits per heavy atom. The van der Waals surface area contributed by atoms with E-state index in [-0.39, 0.29) is 31.0 Å². The molecule has 0 fully saturated rings. The Labute approximate surface area is 68.2 Å². The summed E-state index contributed by atoms with van der Waals surface area (Å²) in [5, 5.41) is 1.49. The molecule has 0 aromatic carbocycles. The molecule has 0 amide bonds. The molecule has 8 heavy (non-hydrogen) atoms. The molecule has 0 saturated heterocycles. The van der Waals surface area contributed by atoms with Crippen molar-refractivity contribution in [1.82, 2.24) is 0 Å². The Balaban J connectivity index is -0.000000180. The van der Waals surface area contributed by atoms with Gasteiger partial charge in [0, 0.05) is 0 Å². The topological polar surface area (TPSA) is 96.2 Å². The predicted molar refractivity (Wildman–Crippen MR) is 20.0 cm³/mol. The van der Waals surface area contributed by atoms with Gasteiger partial charge in [0.05, 0.1) is 0 Å². The van der Waals surface area contributed by atoms with E-state index in [1.165, 1.54) is 5.34 Å². The second-order valence-electron chi connectivity index (χ2n) is 0.647. The summed E-state index contributed by atoms with van der Waals surface area (Å²) >= 11 is 0. The Bertz CT molecular complexity index is 110. The van der Waals surface area contributed by atoms with Gasteiger partial charge in [-0.2, -0.15) is 0 Å². The first kappa shape index (κ1) is 11.4. The van der Waals surface area contributed by atoms with E-state index in [0.29, 0.717) is 0 Å². The Hall–Kier alpha value is 0.550. The number of rotatable bonds is 2. The Morgan fingerprint density at radius 1 is 1.62 bits per heavy atom. The van der Waals surface area contributed by atoms with Crippen LogP contribution in [0.1, 0.15) is 1.43 Å². The van der Waals surface area contributed by atoms with Gasteiger partial charge in [0.25, 0.3) is 0 Å². The average molecular weight is 151 g/mol. The first-order valence-electron chi connectivity index (χ1n) is 1.13. The van der Waals surface area contributed by atoms with Gasteiger partial charge in [-0.1, -0.05) is 0 Å². The van der Waals surface area contributed by atoms with Crippen molar-refractivity contribution in [1.29, 1.82) is 0 Å². The minimum atomic E-state index is -4.64. The molecule has 0 aliphatic heterocycles. The van der Waals surface area contributed by atoms with Crippen LogP contribution in [0.2, 0.25) is 0 Å². The number of hydrogen-bond acceptors (Lipinski definition) is 4. The summed E-state index contributed by atoms with van der Waals surface area (Å²) in [5.41, 5.74) is 0. The molecular formula is H3NNaO5P. The van der Waals surface area contributed by atoms with Gasteiger partial charge in [0.2, 0.25) is 0 Å². The smallest absolute Gasteiger partial charge is 1.00 e. The van der Waals surface area contributed by atoms with Crippen LogP contribution in [0, 0.1) is 4.91 Å². The Morgan fingerprint density at radius 2 is 2.00 bits per heavy atom. The summed E-state index contributed by atoms with van der Waals surface area (Å²) in [4.78, 5) is 24.1. The van der Waals surface area contributed by atoms with Gasteiger partial charge in [-0.25, -0.2) is 4.57 Å². The zero-order valence-electron chi connectivity index (χ0n) is 5.01. The van der Waals surface area contributed by atoms with Crippen molar-refractivity contribution in [2.75, 3.05) is 0 Å². The zero-order valence-corrected chi connectivity index (χ0v) is 6.91. The molecule has 2 N–H and O–H groups in total. The maximum Gasteiger partial charge on any atom is 1.00 e. The summed E-state index contributed by atoms with van der Waals surface area (Å²) in [6.45, 7) is 0. The fourth-order valence-electron chi connectivity index (χ4n) is 0.0434. The van der Waals surface area contributed by atoms with Crippen molar-refractivity contribution in [3.8, 4) is 0 Å². The molecule has 0 atom stereocenters. The van der Waals surface area contributed by atoms with Crippen molar-refractivity contribution in [3.05, 3.63) is 4.91 Å². The van der Waals surface area contributed by atoms with E-state index in [9.17, 15) is 4.57 Å². The van der Waals surface area contributed by atoms with Crippen LogP contribution in [-0.4, -0.2) is 9.79 Å². The number of phosphoric acid groups is 1. The molecule has 6 nitrogen and oxygen atoms in total. The van der Waals surface area contributed by atoms with Crippen LogP contribution in [0.5, 0.6) is 0 Å². The van der Waals surface area contributed by atoms with Gasteiger partial charge in [0.15, 0.2) is 5.34 Å². The van der Waals surface area contributed by atoms with Gasteiger partial charge < -0.3 is 1.43 Å². The molecule has 0 radical (unpaired) electrons. The van der Waals surface area contributed by atoms with E-state index in [1.807, 2.05) is 0 Å². The zero-order chi connectivity index (χ0) is 5.91. The molecule has 0 aromatic heterocycles. The monoisotopic (exact) mass is 151 g/mol. The maximum atomic E-state index is 9.41. The number of hydrogen-bond donors (Lipinski definition) is 2. The van der Waals surface area contributed by atoms with Crippen LogP contribution >= 0.6 is 7.82 Å². The third kappa shape index (κ3) is 9.75. The first-order chi connectivity index (χ1) is 3.06. The molecule has 0 spiro atoms. The van der Waals surface area contributed by atoms with Crippen molar-refractivity contribution < 1.29 is 50.0 Å². The fraction of sp³-hybridized carbons (Fsp3) is 0. The summed E-state index contributed by atoms with van der Waals surface area (Å²) in [6, 6.07) is 0. The molecule has 0 aromatic rings. The van der Waals surface area contributed by atoms with Gasteiger partial charge >= 0.3 is 37.4 Å². The molecule has 0 heterocycles. The van der Waals surface area contributed by atoms with E-state index >= 15 is 0 Å². The summed E-state index contributed by atoms with van der Waals surface area (Å²) in [7, 11) is -4.64. The Kier molecular flexibility index (Phi) is 6.29. The summed E-state index contributed by atoms with van der Waals surface area (Å²) in [5.74, 6) is 0. The second-order valence-corrected chi connectivity index (χ2v) is 1.79. The van der Waals surface area contributed by atoms with Crippen LogP contribution in [-0.2, 0) is 9.19 Å². The molecule has 0 bridgehead atoms. The quantitative estimate of drug-likeness (QED) is 0.188. The standard InChI is InChI=1S/H2NO5P.Na.H/c2-1-6-7(3,4)5;;/h(H2,3,4,5);;/q;+1;-1. The summed E-state index contributed by atoms with van der Waals surface area (Å²) in [6.07, 6.45) is 0. The molecule has 44 valence electrons. The van der Waals surface area contributed by atoms with E-state index in [1.54, 1.807) is 0 Å². The molecule has 0 unspecified atom stereocenters. The van der Waals surface area contributed by atoms with Crippen molar-refractivity contribution >= 4 is 7.82 Å². The van der Waals surface area contributed by atoms with Gasteiger partial charge in [-0.3, -0.25) is 14.4 Å². The molecular weight excluding hydrogens is 148 g/mol. The molecule has 8 heteroatoms. The van der Waals surface area contributed by atoms with E-state index in [2.05, 4.69) is 4.62 Å². The summed E-state index contributed by atoms with van der Waals surface area (Å²) < 4.78 is 12.4. The maximum absolute atomic E-state index is 9.41. The van der Waals surface area contributed by atoms with E-state index in [0.717, 1.165) is 0 Å². The van der Waals surface area contributed by atoms with Gasteiger partial charge in [-0.05, 0) is 0 Å². The fourth-order valence-corrected chi connectivity index (χ4v) is 0.130. The molecule has 0 rings (SSSR count). The molecule has 0 aliphatic carbocycles. The average Bonchev–Trinajstić information content (AvgIpc) is 1.30. The van der Waals surface area contributed by atoms with Crippen LogP contribution in [0.25, 0.3) is 0 Å². The second kappa shape index (κ2) is 4.43. The van der Waals surface area contributed by atoms with Crippen LogP contribution in [0.15, 0.2) is 5.34 Å². The first-order valence-corrected chi connectivity index (χ1v) is 2.66. The largest absolute Gasteiger partial charge is 1.00 e. The molecule has 0 saturated carbocycles. The SMILES string of the molecule is O=NOP(=O)(O)O.[H-].[Na+]. The van der Waals surface area contributed by atoms with E-state index in [4.69, 9.17) is 14.7 Å².